The van der Waals surface area contributed by atoms with Gasteiger partial charge in [0, 0.05) is 22.9 Å². The summed E-state index contributed by atoms with van der Waals surface area (Å²) >= 11 is 3.18. The van der Waals surface area contributed by atoms with Gasteiger partial charge in [-0.2, -0.15) is 11.3 Å². The van der Waals surface area contributed by atoms with E-state index in [9.17, 15) is 9.90 Å². The van der Waals surface area contributed by atoms with Crippen molar-refractivity contribution in [3.8, 4) is 10.6 Å². The summed E-state index contributed by atoms with van der Waals surface area (Å²) in [5.74, 6) is -0.0995. The van der Waals surface area contributed by atoms with Gasteiger partial charge in [-0.1, -0.05) is 13.8 Å². The lowest BCUT2D eigenvalue weighted by molar-refractivity contribution is -0.121. The Balaban J connectivity index is 1.89. The molecule has 0 bridgehead atoms. The molecule has 1 amide bonds. The highest BCUT2D eigenvalue weighted by molar-refractivity contribution is 7.14. The van der Waals surface area contributed by atoms with E-state index in [1.54, 1.807) is 22.7 Å². The predicted octanol–water partition coefficient (Wildman–Crippen LogP) is 3.08. The predicted molar refractivity (Wildman–Crippen MR) is 87.7 cm³/mol. The molecule has 0 spiro atoms. The van der Waals surface area contributed by atoms with E-state index >= 15 is 0 Å². The number of thiophene rings is 1. The van der Waals surface area contributed by atoms with Crippen LogP contribution in [-0.4, -0.2) is 28.1 Å². The largest absolute Gasteiger partial charge is 0.388 e. The molecule has 2 aromatic heterocycles. The molecule has 0 radical (unpaired) electrons. The molecule has 0 aliphatic carbocycles. The second-order valence-electron chi connectivity index (χ2n) is 5.04. The second kappa shape index (κ2) is 7.15. The Labute approximate surface area is 132 Å². The van der Waals surface area contributed by atoms with Crippen molar-refractivity contribution in [3.05, 3.63) is 27.9 Å². The number of hydrogen-bond donors (Lipinski definition) is 2. The van der Waals surface area contributed by atoms with E-state index < -0.39 is 5.60 Å². The summed E-state index contributed by atoms with van der Waals surface area (Å²) in [5.41, 5.74) is 1.07. The van der Waals surface area contributed by atoms with Gasteiger partial charge < -0.3 is 10.4 Å². The number of amides is 1. The molecule has 2 heterocycles. The van der Waals surface area contributed by atoms with E-state index in [0.29, 0.717) is 19.4 Å². The van der Waals surface area contributed by atoms with Crippen LogP contribution in [0.5, 0.6) is 0 Å². The van der Waals surface area contributed by atoms with Crippen LogP contribution in [0.2, 0.25) is 0 Å². The summed E-state index contributed by atoms with van der Waals surface area (Å²) < 4.78 is 0. The maximum atomic E-state index is 11.9. The minimum atomic E-state index is -0.806. The molecular formula is C15H20N2O2S2. The van der Waals surface area contributed by atoms with Crippen molar-refractivity contribution in [2.45, 2.75) is 38.7 Å². The average molecular weight is 324 g/mol. The minimum absolute atomic E-state index is 0.0995. The topological polar surface area (TPSA) is 62.2 Å². The lowest BCUT2D eigenvalue weighted by Crippen LogP contribution is -2.42. The number of nitrogens with zero attached hydrogens (tertiary/aromatic N) is 1. The third-order valence-corrected chi connectivity index (χ3v) is 5.22. The molecule has 2 N–H and O–H groups in total. The van der Waals surface area contributed by atoms with Crippen LogP contribution in [0.4, 0.5) is 0 Å². The molecule has 114 valence electrons. The monoisotopic (exact) mass is 324 g/mol. The van der Waals surface area contributed by atoms with E-state index in [2.05, 4.69) is 10.3 Å². The van der Waals surface area contributed by atoms with Crippen LogP contribution in [0.15, 0.2) is 22.2 Å². The van der Waals surface area contributed by atoms with Crippen molar-refractivity contribution >= 4 is 28.6 Å². The number of carbonyl (C=O) groups excluding carboxylic acids is 1. The highest BCUT2D eigenvalue weighted by Crippen LogP contribution is 2.25. The Bertz CT molecular complexity index is 574. The third kappa shape index (κ3) is 4.36. The van der Waals surface area contributed by atoms with Gasteiger partial charge in [0.2, 0.25) is 5.91 Å². The number of hydrogen-bond acceptors (Lipinski definition) is 5. The maximum absolute atomic E-state index is 11.9. The molecule has 2 rings (SSSR count). The molecule has 0 fully saturated rings. The van der Waals surface area contributed by atoms with Gasteiger partial charge in [-0.25, -0.2) is 4.98 Å². The first-order valence-corrected chi connectivity index (χ1v) is 8.84. The molecule has 0 aliphatic rings. The zero-order chi connectivity index (χ0) is 15.3. The summed E-state index contributed by atoms with van der Waals surface area (Å²) in [6, 6.07) is 2.02. The lowest BCUT2D eigenvalue weighted by atomic mass is 9.97. The highest BCUT2D eigenvalue weighted by Gasteiger charge is 2.22. The summed E-state index contributed by atoms with van der Waals surface area (Å²) in [6.45, 7) is 4.13. The molecule has 21 heavy (non-hydrogen) atoms. The summed E-state index contributed by atoms with van der Waals surface area (Å²) in [5, 5.41) is 19.9. The molecule has 0 saturated heterocycles. The Hall–Kier alpha value is -1.24. The van der Waals surface area contributed by atoms with Gasteiger partial charge in [0.15, 0.2) is 0 Å². The van der Waals surface area contributed by atoms with E-state index in [1.165, 1.54) is 0 Å². The molecular weight excluding hydrogens is 304 g/mol. The second-order valence-corrected chi connectivity index (χ2v) is 6.68. The number of aliphatic hydroxyl groups is 1. The van der Waals surface area contributed by atoms with Crippen LogP contribution in [0.1, 0.15) is 32.4 Å². The maximum Gasteiger partial charge on any atom is 0.226 e. The smallest absolute Gasteiger partial charge is 0.226 e. The summed E-state index contributed by atoms with van der Waals surface area (Å²) in [4.78, 5) is 16.4. The fraction of sp³-hybridized carbons (Fsp3) is 0.467. The molecule has 0 saturated carbocycles. The zero-order valence-corrected chi connectivity index (χ0v) is 13.9. The summed E-state index contributed by atoms with van der Waals surface area (Å²) in [7, 11) is 0. The van der Waals surface area contributed by atoms with E-state index in [1.807, 2.05) is 36.1 Å². The normalized spacial score (nSPS) is 11.6. The molecule has 6 heteroatoms. The van der Waals surface area contributed by atoms with Crippen LogP contribution >= 0.6 is 22.7 Å². The van der Waals surface area contributed by atoms with Crippen molar-refractivity contribution in [3.63, 3.8) is 0 Å². The number of aromatic nitrogens is 1. The van der Waals surface area contributed by atoms with Crippen LogP contribution in [0.25, 0.3) is 10.6 Å². The van der Waals surface area contributed by atoms with Crippen molar-refractivity contribution < 1.29 is 9.90 Å². The van der Waals surface area contributed by atoms with Crippen molar-refractivity contribution in [1.82, 2.24) is 10.3 Å². The van der Waals surface area contributed by atoms with Crippen molar-refractivity contribution in [2.75, 3.05) is 6.54 Å². The van der Waals surface area contributed by atoms with Crippen molar-refractivity contribution in [1.29, 1.82) is 0 Å². The SMILES string of the molecule is CCC(O)(CC)CNC(=O)Cc1csc(-c2ccsc2)n1. The third-order valence-electron chi connectivity index (χ3n) is 3.59. The van der Waals surface area contributed by atoms with Gasteiger partial charge in [-0.05, 0) is 24.3 Å². The number of thiazole rings is 1. The Morgan fingerprint density at radius 1 is 1.38 bits per heavy atom. The van der Waals surface area contributed by atoms with Crippen LogP contribution < -0.4 is 5.32 Å². The number of nitrogens with one attached hydrogen (secondary N) is 1. The van der Waals surface area contributed by atoms with E-state index in [0.717, 1.165) is 16.3 Å². The van der Waals surface area contributed by atoms with E-state index in [4.69, 9.17) is 0 Å². The first-order chi connectivity index (χ1) is 10.1. The Kier molecular flexibility index (Phi) is 5.50. The minimum Gasteiger partial charge on any atom is -0.388 e. The van der Waals surface area contributed by atoms with E-state index in [-0.39, 0.29) is 12.3 Å². The van der Waals surface area contributed by atoms with Gasteiger partial charge >= 0.3 is 0 Å². The van der Waals surface area contributed by atoms with Crippen LogP contribution in [0.3, 0.4) is 0 Å². The quantitative estimate of drug-likeness (QED) is 0.823. The highest BCUT2D eigenvalue weighted by atomic mass is 32.1. The fourth-order valence-corrected chi connectivity index (χ4v) is 3.43. The van der Waals surface area contributed by atoms with Gasteiger partial charge in [0.05, 0.1) is 17.7 Å². The molecule has 4 nitrogen and oxygen atoms in total. The lowest BCUT2D eigenvalue weighted by Gasteiger charge is -2.25. The standard InChI is InChI=1S/C15H20N2O2S2/c1-3-15(19,4-2)10-16-13(18)7-12-9-21-14(17-12)11-5-6-20-8-11/h5-6,8-9,19H,3-4,7,10H2,1-2H3,(H,16,18). The van der Waals surface area contributed by atoms with Crippen LogP contribution in [-0.2, 0) is 11.2 Å². The fourth-order valence-electron chi connectivity index (χ4n) is 1.90. The average Bonchev–Trinajstić information content (AvgIpc) is 3.15. The number of rotatable bonds is 7. The first-order valence-electron chi connectivity index (χ1n) is 7.02. The zero-order valence-electron chi connectivity index (χ0n) is 12.3. The number of carbonyl (C=O) groups is 1. The first kappa shape index (κ1) is 16.1. The molecule has 0 aliphatic heterocycles. The van der Waals surface area contributed by atoms with Gasteiger partial charge in [0.1, 0.15) is 5.01 Å². The van der Waals surface area contributed by atoms with Gasteiger partial charge in [0.25, 0.3) is 0 Å². The molecule has 2 aromatic rings. The molecule has 0 atom stereocenters. The molecule has 0 aromatic carbocycles. The van der Waals surface area contributed by atoms with Crippen LogP contribution in [0, 0.1) is 0 Å². The van der Waals surface area contributed by atoms with Gasteiger partial charge in [-0.15, -0.1) is 11.3 Å². The Morgan fingerprint density at radius 2 is 2.14 bits per heavy atom. The summed E-state index contributed by atoms with van der Waals surface area (Å²) in [6.07, 6.45) is 1.51. The van der Waals surface area contributed by atoms with Crippen molar-refractivity contribution in [2.24, 2.45) is 0 Å². The van der Waals surface area contributed by atoms with Gasteiger partial charge in [-0.3, -0.25) is 4.79 Å². The molecule has 0 unspecified atom stereocenters. The Morgan fingerprint density at radius 3 is 2.76 bits per heavy atom.